The number of hydrogen-bond donors (Lipinski definition) is 2. The van der Waals surface area contributed by atoms with Gasteiger partial charge in [-0.15, -0.1) is 0 Å². The average Bonchev–Trinajstić information content (AvgIpc) is 2.21. The number of nitrogens with zero attached hydrogens (tertiary/aromatic N) is 2. The number of likely N-dealkylation sites (N-methyl/N-ethyl adjacent to an activating group) is 1. The zero-order chi connectivity index (χ0) is 10.4. The lowest BCUT2D eigenvalue weighted by atomic mass is 10.3. The second-order valence-corrected chi connectivity index (χ2v) is 3.51. The normalized spacial score (nSPS) is 19.6. The Morgan fingerprint density at radius 2 is 1.86 bits per heavy atom. The van der Waals surface area contributed by atoms with Crippen LogP contribution in [0.2, 0.25) is 0 Å². The maximum Gasteiger partial charge on any atom is 0.233 e. The standard InChI is InChI=1S/C9H19N3O2/c1-10-9(14)8-12-4-2-11(3-5-12)6-7-13/h13H,2-8H2,1H3,(H,10,14). The van der Waals surface area contributed by atoms with Crippen LogP contribution in [0.15, 0.2) is 0 Å². The summed E-state index contributed by atoms with van der Waals surface area (Å²) in [5.74, 6) is 0.0700. The molecular weight excluding hydrogens is 182 g/mol. The summed E-state index contributed by atoms with van der Waals surface area (Å²) >= 11 is 0. The molecule has 0 bridgehead atoms. The predicted octanol–water partition coefficient (Wildman–Crippen LogP) is -1.66. The molecule has 1 saturated heterocycles. The van der Waals surface area contributed by atoms with Crippen LogP contribution in [-0.2, 0) is 4.79 Å². The molecule has 2 N–H and O–H groups in total. The van der Waals surface area contributed by atoms with Crippen molar-refractivity contribution in [2.24, 2.45) is 0 Å². The van der Waals surface area contributed by atoms with E-state index in [0.717, 1.165) is 32.7 Å². The SMILES string of the molecule is CNC(=O)CN1CCN(CCO)CC1. The van der Waals surface area contributed by atoms with E-state index in [1.54, 1.807) is 7.05 Å². The zero-order valence-electron chi connectivity index (χ0n) is 8.70. The fourth-order valence-electron chi connectivity index (χ4n) is 1.59. The monoisotopic (exact) mass is 201 g/mol. The number of hydrogen-bond acceptors (Lipinski definition) is 4. The number of aliphatic hydroxyl groups is 1. The number of rotatable bonds is 4. The van der Waals surface area contributed by atoms with Gasteiger partial charge in [-0.05, 0) is 0 Å². The van der Waals surface area contributed by atoms with Crippen LogP contribution < -0.4 is 5.32 Å². The Morgan fingerprint density at radius 1 is 1.29 bits per heavy atom. The highest BCUT2D eigenvalue weighted by molar-refractivity contribution is 5.77. The molecule has 1 amide bonds. The van der Waals surface area contributed by atoms with E-state index in [-0.39, 0.29) is 12.5 Å². The molecule has 0 spiro atoms. The Hall–Kier alpha value is -0.650. The first-order valence-corrected chi connectivity index (χ1v) is 5.02. The molecule has 1 aliphatic heterocycles. The molecule has 0 unspecified atom stereocenters. The van der Waals surface area contributed by atoms with Crippen molar-refractivity contribution in [1.29, 1.82) is 0 Å². The number of piperazine rings is 1. The quantitative estimate of drug-likeness (QED) is 0.572. The number of aliphatic hydroxyl groups excluding tert-OH is 1. The third-order valence-electron chi connectivity index (χ3n) is 2.53. The lowest BCUT2D eigenvalue weighted by molar-refractivity contribution is -0.122. The van der Waals surface area contributed by atoms with Crippen molar-refractivity contribution in [2.75, 3.05) is 52.9 Å². The minimum Gasteiger partial charge on any atom is -0.395 e. The van der Waals surface area contributed by atoms with E-state index >= 15 is 0 Å². The predicted molar refractivity (Wildman–Crippen MR) is 54.0 cm³/mol. The second-order valence-electron chi connectivity index (χ2n) is 3.51. The Labute approximate surface area is 84.7 Å². The van der Waals surface area contributed by atoms with Crippen LogP contribution in [0.25, 0.3) is 0 Å². The number of amides is 1. The van der Waals surface area contributed by atoms with Gasteiger partial charge in [0.25, 0.3) is 0 Å². The van der Waals surface area contributed by atoms with Gasteiger partial charge in [-0.25, -0.2) is 0 Å². The summed E-state index contributed by atoms with van der Waals surface area (Å²) in [5, 5.41) is 11.4. The molecule has 1 rings (SSSR count). The topological polar surface area (TPSA) is 55.8 Å². The van der Waals surface area contributed by atoms with Crippen LogP contribution in [0.4, 0.5) is 0 Å². The van der Waals surface area contributed by atoms with Gasteiger partial charge in [0.05, 0.1) is 13.2 Å². The minimum atomic E-state index is 0.0700. The number of carbonyl (C=O) groups excluding carboxylic acids is 1. The summed E-state index contributed by atoms with van der Waals surface area (Å²) in [4.78, 5) is 15.4. The highest BCUT2D eigenvalue weighted by Crippen LogP contribution is 2.00. The largest absolute Gasteiger partial charge is 0.395 e. The third-order valence-corrected chi connectivity index (χ3v) is 2.53. The Morgan fingerprint density at radius 3 is 2.36 bits per heavy atom. The van der Waals surface area contributed by atoms with E-state index in [1.165, 1.54) is 0 Å². The molecule has 5 nitrogen and oxygen atoms in total. The maximum absolute atomic E-state index is 11.1. The highest BCUT2D eigenvalue weighted by Gasteiger charge is 2.17. The van der Waals surface area contributed by atoms with E-state index in [0.29, 0.717) is 6.54 Å². The fraction of sp³-hybridized carbons (Fsp3) is 0.889. The summed E-state index contributed by atoms with van der Waals surface area (Å²) in [6, 6.07) is 0. The van der Waals surface area contributed by atoms with Crippen molar-refractivity contribution in [1.82, 2.24) is 15.1 Å². The first-order valence-electron chi connectivity index (χ1n) is 5.02. The smallest absolute Gasteiger partial charge is 0.233 e. The van der Waals surface area contributed by atoms with Gasteiger partial charge in [-0.2, -0.15) is 0 Å². The molecular formula is C9H19N3O2. The molecule has 0 aromatic rings. The van der Waals surface area contributed by atoms with E-state index < -0.39 is 0 Å². The van der Waals surface area contributed by atoms with Gasteiger partial charge in [-0.1, -0.05) is 0 Å². The van der Waals surface area contributed by atoms with E-state index in [2.05, 4.69) is 15.1 Å². The lowest BCUT2D eigenvalue weighted by Crippen LogP contribution is -2.49. The Bertz CT molecular complexity index is 179. The van der Waals surface area contributed by atoms with Gasteiger partial charge in [0.15, 0.2) is 0 Å². The number of nitrogens with one attached hydrogen (secondary N) is 1. The van der Waals surface area contributed by atoms with Gasteiger partial charge in [0.2, 0.25) is 5.91 Å². The van der Waals surface area contributed by atoms with Crippen LogP contribution in [0.5, 0.6) is 0 Å². The average molecular weight is 201 g/mol. The lowest BCUT2D eigenvalue weighted by Gasteiger charge is -2.33. The van der Waals surface area contributed by atoms with Gasteiger partial charge in [-0.3, -0.25) is 14.6 Å². The van der Waals surface area contributed by atoms with E-state index in [9.17, 15) is 4.79 Å². The van der Waals surface area contributed by atoms with Crippen LogP contribution in [0, 0.1) is 0 Å². The van der Waals surface area contributed by atoms with Crippen molar-refractivity contribution in [3.63, 3.8) is 0 Å². The second kappa shape index (κ2) is 5.95. The Balaban J connectivity index is 2.18. The third kappa shape index (κ3) is 3.61. The van der Waals surface area contributed by atoms with Crippen molar-refractivity contribution in [3.05, 3.63) is 0 Å². The summed E-state index contributed by atoms with van der Waals surface area (Å²) in [5.41, 5.74) is 0. The zero-order valence-corrected chi connectivity index (χ0v) is 8.70. The van der Waals surface area contributed by atoms with Gasteiger partial charge in [0.1, 0.15) is 0 Å². The molecule has 5 heteroatoms. The number of β-amino-alcohol motifs (C(OH)–C–C–N with tert-alkyl or cyclic N) is 1. The summed E-state index contributed by atoms with van der Waals surface area (Å²) < 4.78 is 0. The van der Waals surface area contributed by atoms with E-state index in [4.69, 9.17) is 5.11 Å². The van der Waals surface area contributed by atoms with Crippen LogP contribution in [0.3, 0.4) is 0 Å². The van der Waals surface area contributed by atoms with E-state index in [1.807, 2.05) is 0 Å². The molecule has 1 fully saturated rings. The molecule has 0 aromatic carbocycles. The van der Waals surface area contributed by atoms with Crippen molar-refractivity contribution in [3.8, 4) is 0 Å². The summed E-state index contributed by atoms with van der Waals surface area (Å²) in [6.45, 7) is 5.16. The van der Waals surface area contributed by atoms with Crippen molar-refractivity contribution in [2.45, 2.75) is 0 Å². The van der Waals surface area contributed by atoms with Gasteiger partial charge in [0, 0.05) is 39.8 Å². The maximum atomic E-state index is 11.1. The molecule has 14 heavy (non-hydrogen) atoms. The number of carbonyl (C=O) groups is 1. The first kappa shape index (κ1) is 11.4. The first-order chi connectivity index (χ1) is 6.76. The summed E-state index contributed by atoms with van der Waals surface area (Å²) in [6.07, 6.45) is 0. The van der Waals surface area contributed by atoms with Crippen molar-refractivity contribution < 1.29 is 9.90 Å². The van der Waals surface area contributed by atoms with Gasteiger partial charge < -0.3 is 10.4 Å². The highest BCUT2D eigenvalue weighted by atomic mass is 16.3. The molecule has 0 radical (unpaired) electrons. The summed E-state index contributed by atoms with van der Waals surface area (Å²) in [7, 11) is 1.66. The minimum absolute atomic E-state index is 0.0700. The molecule has 0 aliphatic carbocycles. The molecule has 1 aliphatic rings. The van der Waals surface area contributed by atoms with Crippen LogP contribution >= 0.6 is 0 Å². The molecule has 0 atom stereocenters. The fourth-order valence-corrected chi connectivity index (χ4v) is 1.59. The molecule has 0 aromatic heterocycles. The van der Waals surface area contributed by atoms with Crippen molar-refractivity contribution >= 4 is 5.91 Å². The van der Waals surface area contributed by atoms with Crippen LogP contribution in [-0.4, -0.2) is 73.7 Å². The Kier molecular flexibility index (Phi) is 4.86. The van der Waals surface area contributed by atoms with Gasteiger partial charge >= 0.3 is 0 Å². The molecule has 82 valence electrons. The molecule has 1 heterocycles. The van der Waals surface area contributed by atoms with Crippen LogP contribution in [0.1, 0.15) is 0 Å². The molecule has 0 saturated carbocycles.